The lowest BCUT2D eigenvalue weighted by molar-refractivity contribution is -0.131. The lowest BCUT2D eigenvalue weighted by Gasteiger charge is -2.37. The molecule has 1 saturated carbocycles. The lowest BCUT2D eigenvalue weighted by atomic mass is 9.64. The minimum absolute atomic E-state index is 0.209. The molecule has 1 aromatic rings. The van der Waals surface area contributed by atoms with E-state index < -0.39 is 0 Å². The van der Waals surface area contributed by atoms with Crippen LogP contribution < -0.4 is 4.74 Å². The van der Waals surface area contributed by atoms with E-state index in [1.54, 1.807) is 7.11 Å². The molecule has 1 fully saturated rings. The Hall–Kier alpha value is -1.35. The number of ether oxygens (including phenoxy) is 2. The fraction of sp³-hybridized carbons (Fsp3) is 0.500. The zero-order valence-corrected chi connectivity index (χ0v) is 10.6. The van der Waals surface area contributed by atoms with E-state index in [0.717, 1.165) is 23.3 Å². The van der Waals surface area contributed by atoms with Crippen molar-refractivity contribution >= 4 is 5.78 Å². The maximum atomic E-state index is 11.8. The van der Waals surface area contributed by atoms with Gasteiger partial charge in [0.15, 0.2) is 6.79 Å². The van der Waals surface area contributed by atoms with Gasteiger partial charge in [-0.2, -0.15) is 0 Å². The summed E-state index contributed by atoms with van der Waals surface area (Å²) in [6.45, 7) is 4.21. The molecule has 1 unspecified atom stereocenters. The molecule has 2 rings (SSSR count). The summed E-state index contributed by atoms with van der Waals surface area (Å²) < 4.78 is 10.5. The van der Waals surface area contributed by atoms with Crippen molar-refractivity contribution in [1.82, 2.24) is 0 Å². The van der Waals surface area contributed by atoms with Crippen molar-refractivity contribution in [1.29, 1.82) is 0 Å². The van der Waals surface area contributed by atoms with Crippen LogP contribution in [0.4, 0.5) is 0 Å². The van der Waals surface area contributed by atoms with Crippen LogP contribution in [0.2, 0.25) is 0 Å². The predicted octanol–water partition coefficient (Wildman–Crippen LogP) is 2.60. The molecule has 0 aliphatic heterocycles. The number of carbonyl (C=O) groups excluding carboxylic acids is 1. The summed E-state index contributed by atoms with van der Waals surface area (Å²) in [5.74, 6) is 1.06. The second kappa shape index (κ2) is 4.49. The zero-order valence-electron chi connectivity index (χ0n) is 10.6. The normalized spacial score (nSPS) is 23.4. The van der Waals surface area contributed by atoms with Gasteiger partial charge >= 0.3 is 0 Å². The van der Waals surface area contributed by atoms with Crippen LogP contribution in [0.15, 0.2) is 18.2 Å². The summed E-state index contributed by atoms with van der Waals surface area (Å²) in [6, 6.07) is 5.98. The molecular weight excluding hydrogens is 216 g/mol. The summed E-state index contributed by atoms with van der Waals surface area (Å²) in [6.07, 6.45) is 1.58. The molecule has 0 bridgehead atoms. The first-order chi connectivity index (χ1) is 8.08. The first-order valence-corrected chi connectivity index (χ1v) is 5.84. The fourth-order valence-corrected chi connectivity index (χ4v) is 2.21. The average molecular weight is 234 g/mol. The van der Waals surface area contributed by atoms with Gasteiger partial charge in [-0.1, -0.05) is 12.1 Å². The Bertz CT molecular complexity index is 439. The number of aryl methyl sites for hydroxylation is 1. The number of benzene rings is 1. The van der Waals surface area contributed by atoms with Crippen LogP contribution in [-0.2, 0) is 14.9 Å². The van der Waals surface area contributed by atoms with E-state index in [0.29, 0.717) is 12.2 Å². The number of hydrogen-bond acceptors (Lipinski definition) is 3. The largest absolute Gasteiger partial charge is 0.467 e. The maximum absolute atomic E-state index is 11.8. The third-order valence-corrected chi connectivity index (χ3v) is 3.53. The molecule has 0 amide bonds. The fourth-order valence-electron chi connectivity index (χ4n) is 2.21. The summed E-state index contributed by atoms with van der Waals surface area (Å²) in [5, 5.41) is 0. The Labute approximate surface area is 102 Å². The van der Waals surface area contributed by atoms with Crippen LogP contribution in [0, 0.1) is 6.92 Å². The predicted molar refractivity (Wildman–Crippen MR) is 65.3 cm³/mol. The molecule has 3 heteroatoms. The van der Waals surface area contributed by atoms with Crippen LogP contribution in [0.25, 0.3) is 0 Å². The van der Waals surface area contributed by atoms with E-state index in [4.69, 9.17) is 9.47 Å². The SMILES string of the molecule is COCOc1cc(C)ccc1C1(C)CCC1=O. The minimum Gasteiger partial charge on any atom is -0.467 e. The highest BCUT2D eigenvalue weighted by Gasteiger charge is 2.44. The van der Waals surface area contributed by atoms with Crippen molar-refractivity contribution in [2.75, 3.05) is 13.9 Å². The van der Waals surface area contributed by atoms with Crippen molar-refractivity contribution in [2.45, 2.75) is 32.1 Å². The molecule has 1 aliphatic carbocycles. The van der Waals surface area contributed by atoms with E-state index in [-0.39, 0.29) is 12.2 Å². The Morgan fingerprint density at radius 2 is 2.18 bits per heavy atom. The van der Waals surface area contributed by atoms with Crippen molar-refractivity contribution < 1.29 is 14.3 Å². The maximum Gasteiger partial charge on any atom is 0.188 e. The van der Waals surface area contributed by atoms with Gasteiger partial charge in [-0.25, -0.2) is 0 Å². The summed E-state index contributed by atoms with van der Waals surface area (Å²) in [4.78, 5) is 11.8. The molecule has 0 spiro atoms. The highest BCUT2D eigenvalue weighted by Crippen LogP contribution is 2.44. The van der Waals surface area contributed by atoms with Gasteiger partial charge < -0.3 is 9.47 Å². The first-order valence-electron chi connectivity index (χ1n) is 5.84. The third-order valence-electron chi connectivity index (χ3n) is 3.53. The molecule has 92 valence electrons. The molecule has 0 heterocycles. The van der Waals surface area contributed by atoms with Crippen molar-refractivity contribution in [2.24, 2.45) is 0 Å². The Morgan fingerprint density at radius 3 is 2.71 bits per heavy atom. The number of methoxy groups -OCH3 is 1. The van der Waals surface area contributed by atoms with Gasteiger partial charge in [0.1, 0.15) is 11.5 Å². The number of ketones is 1. The highest BCUT2D eigenvalue weighted by molar-refractivity contribution is 5.96. The van der Waals surface area contributed by atoms with Gasteiger partial charge in [0.05, 0.1) is 5.41 Å². The quantitative estimate of drug-likeness (QED) is 0.751. The second-order valence-corrected chi connectivity index (χ2v) is 4.81. The van der Waals surface area contributed by atoms with Gasteiger partial charge in [0, 0.05) is 19.1 Å². The topological polar surface area (TPSA) is 35.5 Å². The highest BCUT2D eigenvalue weighted by atomic mass is 16.7. The molecule has 17 heavy (non-hydrogen) atoms. The zero-order chi connectivity index (χ0) is 12.5. The Kier molecular flexibility index (Phi) is 3.20. The van der Waals surface area contributed by atoms with E-state index in [1.165, 1.54) is 0 Å². The summed E-state index contributed by atoms with van der Waals surface area (Å²) in [7, 11) is 1.59. The van der Waals surface area contributed by atoms with Gasteiger partial charge in [0.2, 0.25) is 0 Å². The molecule has 1 aliphatic rings. The standard InChI is InChI=1S/C14H18O3/c1-10-4-5-11(12(8-10)17-9-16-3)14(2)7-6-13(14)15/h4-5,8H,6-7,9H2,1-3H3. The van der Waals surface area contributed by atoms with Crippen molar-refractivity contribution in [3.63, 3.8) is 0 Å². The number of rotatable bonds is 4. The van der Waals surface area contributed by atoms with Crippen LogP contribution in [0.5, 0.6) is 5.75 Å². The molecule has 0 radical (unpaired) electrons. The molecule has 1 atom stereocenters. The summed E-state index contributed by atoms with van der Waals surface area (Å²) in [5.41, 5.74) is 1.74. The lowest BCUT2D eigenvalue weighted by Crippen LogP contribution is -2.42. The average Bonchev–Trinajstić information content (AvgIpc) is 2.33. The smallest absolute Gasteiger partial charge is 0.188 e. The van der Waals surface area contributed by atoms with Crippen LogP contribution in [-0.4, -0.2) is 19.7 Å². The molecule has 0 saturated heterocycles. The first kappa shape index (κ1) is 12.1. The second-order valence-electron chi connectivity index (χ2n) is 4.81. The van der Waals surface area contributed by atoms with Crippen LogP contribution >= 0.6 is 0 Å². The van der Waals surface area contributed by atoms with E-state index in [9.17, 15) is 4.79 Å². The van der Waals surface area contributed by atoms with E-state index in [2.05, 4.69) is 0 Å². The number of Topliss-reactive ketones (excluding diaryl/α,β-unsaturated/α-hetero) is 1. The number of carbonyl (C=O) groups is 1. The third kappa shape index (κ3) is 2.07. The van der Waals surface area contributed by atoms with Crippen LogP contribution in [0.1, 0.15) is 30.9 Å². The van der Waals surface area contributed by atoms with Crippen LogP contribution in [0.3, 0.4) is 0 Å². The van der Waals surface area contributed by atoms with Crippen molar-refractivity contribution in [3.05, 3.63) is 29.3 Å². The Morgan fingerprint density at radius 1 is 1.41 bits per heavy atom. The molecule has 3 nitrogen and oxygen atoms in total. The summed E-state index contributed by atoms with van der Waals surface area (Å²) >= 11 is 0. The van der Waals surface area contributed by atoms with Gasteiger partial charge in [-0.3, -0.25) is 4.79 Å². The molecule has 1 aromatic carbocycles. The van der Waals surface area contributed by atoms with E-state index >= 15 is 0 Å². The van der Waals surface area contributed by atoms with Crippen molar-refractivity contribution in [3.8, 4) is 5.75 Å². The van der Waals surface area contributed by atoms with Gasteiger partial charge in [-0.15, -0.1) is 0 Å². The monoisotopic (exact) mass is 234 g/mol. The van der Waals surface area contributed by atoms with Gasteiger partial charge in [-0.05, 0) is 31.9 Å². The molecule has 0 aromatic heterocycles. The Balaban J connectivity index is 2.35. The molecule has 0 N–H and O–H groups in total. The molecular formula is C14H18O3. The minimum atomic E-state index is -0.364. The van der Waals surface area contributed by atoms with Gasteiger partial charge in [0.25, 0.3) is 0 Å². The number of hydrogen-bond donors (Lipinski definition) is 0. The van der Waals surface area contributed by atoms with E-state index in [1.807, 2.05) is 32.0 Å².